The van der Waals surface area contributed by atoms with Crippen molar-refractivity contribution in [3.63, 3.8) is 0 Å². The quantitative estimate of drug-likeness (QED) is 0.670. The molecule has 0 unspecified atom stereocenters. The summed E-state index contributed by atoms with van der Waals surface area (Å²) >= 11 is 7.65. The van der Waals surface area contributed by atoms with Crippen LogP contribution in [-0.2, 0) is 10.2 Å². The Balaban J connectivity index is 1.49. The topological polar surface area (TPSA) is 67.0 Å². The predicted octanol–water partition coefficient (Wildman–Crippen LogP) is 4.27. The van der Waals surface area contributed by atoms with Gasteiger partial charge in [-0.2, -0.15) is 5.10 Å². The minimum absolute atomic E-state index is 0.147. The molecule has 0 radical (unpaired) electrons. The van der Waals surface area contributed by atoms with E-state index in [-0.39, 0.29) is 11.3 Å². The molecule has 5 nitrogen and oxygen atoms in total. The normalized spacial score (nSPS) is 16.2. The van der Waals surface area contributed by atoms with Crippen LogP contribution in [0.5, 0.6) is 0 Å². The molecule has 0 aliphatic carbocycles. The molecule has 0 spiro atoms. The number of halogens is 1. The van der Waals surface area contributed by atoms with Crippen LogP contribution < -0.4 is 5.32 Å². The molecule has 0 saturated carbocycles. The van der Waals surface area contributed by atoms with Crippen LogP contribution in [0, 0.1) is 0 Å². The molecule has 0 bridgehead atoms. The van der Waals surface area contributed by atoms with Crippen LogP contribution in [0.15, 0.2) is 47.8 Å². The van der Waals surface area contributed by atoms with Crippen molar-refractivity contribution in [2.24, 2.45) is 0 Å². The van der Waals surface area contributed by atoms with Crippen LogP contribution in [0.3, 0.4) is 0 Å². The lowest BCUT2D eigenvalue weighted by atomic mass is 9.74. The molecule has 7 heteroatoms. The maximum absolute atomic E-state index is 12.7. The van der Waals surface area contributed by atoms with E-state index in [9.17, 15) is 4.79 Å². The number of amides is 1. The van der Waals surface area contributed by atoms with Gasteiger partial charge in [0, 0.05) is 30.2 Å². The SMILES string of the molecule is O=C(NCC1(c2ccc(Cl)cc2)CCOCC1)c1cc(-c2cccs2)[nH]n1. The highest BCUT2D eigenvalue weighted by atomic mass is 35.5. The zero-order chi connectivity index (χ0) is 18.7. The number of hydrogen-bond donors (Lipinski definition) is 2. The zero-order valence-corrected chi connectivity index (χ0v) is 16.3. The van der Waals surface area contributed by atoms with E-state index in [4.69, 9.17) is 16.3 Å². The minimum Gasteiger partial charge on any atom is -0.381 e. The molecule has 2 aromatic heterocycles. The minimum atomic E-state index is -0.172. The first kappa shape index (κ1) is 18.2. The summed E-state index contributed by atoms with van der Waals surface area (Å²) in [6.07, 6.45) is 1.71. The van der Waals surface area contributed by atoms with Gasteiger partial charge in [-0.15, -0.1) is 11.3 Å². The highest BCUT2D eigenvalue weighted by molar-refractivity contribution is 7.13. The third kappa shape index (κ3) is 3.93. The van der Waals surface area contributed by atoms with Gasteiger partial charge >= 0.3 is 0 Å². The number of aromatic amines is 1. The number of carbonyl (C=O) groups is 1. The van der Waals surface area contributed by atoms with E-state index in [2.05, 4.69) is 15.5 Å². The van der Waals surface area contributed by atoms with Crippen molar-refractivity contribution < 1.29 is 9.53 Å². The van der Waals surface area contributed by atoms with E-state index in [0.29, 0.717) is 30.5 Å². The molecular weight excluding hydrogens is 382 g/mol. The standard InChI is InChI=1S/C20H20ClN3O2S/c21-15-5-3-14(4-6-15)20(7-9-26-10-8-20)13-22-19(25)17-12-16(23-24-17)18-2-1-11-27-18/h1-6,11-12H,7-10,13H2,(H,22,25)(H,23,24). The second-order valence-electron chi connectivity index (χ2n) is 6.73. The molecular formula is C20H20ClN3O2S. The Kier molecular flexibility index (Phi) is 5.29. The number of thiophene rings is 1. The Labute approximate surface area is 166 Å². The highest BCUT2D eigenvalue weighted by Crippen LogP contribution is 2.35. The summed E-state index contributed by atoms with van der Waals surface area (Å²) in [6, 6.07) is 13.7. The number of ether oxygens (including phenoxy) is 1. The molecule has 1 aromatic carbocycles. The monoisotopic (exact) mass is 401 g/mol. The predicted molar refractivity (Wildman–Crippen MR) is 107 cm³/mol. The van der Waals surface area contributed by atoms with Crippen molar-refractivity contribution in [1.29, 1.82) is 0 Å². The summed E-state index contributed by atoms with van der Waals surface area (Å²) in [5.74, 6) is -0.172. The summed E-state index contributed by atoms with van der Waals surface area (Å²) in [7, 11) is 0. The van der Waals surface area contributed by atoms with E-state index in [1.807, 2.05) is 41.8 Å². The van der Waals surface area contributed by atoms with Gasteiger partial charge < -0.3 is 10.1 Å². The Morgan fingerprint density at radius 1 is 1.26 bits per heavy atom. The first-order valence-electron chi connectivity index (χ1n) is 8.88. The first-order chi connectivity index (χ1) is 13.2. The van der Waals surface area contributed by atoms with E-state index in [1.165, 1.54) is 5.56 Å². The zero-order valence-electron chi connectivity index (χ0n) is 14.7. The van der Waals surface area contributed by atoms with Crippen LogP contribution in [-0.4, -0.2) is 35.9 Å². The van der Waals surface area contributed by atoms with Gasteiger partial charge in [-0.3, -0.25) is 9.89 Å². The largest absolute Gasteiger partial charge is 0.381 e. The number of hydrogen-bond acceptors (Lipinski definition) is 4. The molecule has 3 heterocycles. The number of benzene rings is 1. The number of nitrogens with zero attached hydrogens (tertiary/aromatic N) is 1. The van der Waals surface area contributed by atoms with Gasteiger partial charge in [-0.25, -0.2) is 0 Å². The van der Waals surface area contributed by atoms with E-state index >= 15 is 0 Å². The van der Waals surface area contributed by atoms with Crippen molar-refractivity contribution >= 4 is 28.8 Å². The lowest BCUT2D eigenvalue weighted by molar-refractivity contribution is 0.0486. The van der Waals surface area contributed by atoms with E-state index in [1.54, 1.807) is 17.4 Å². The lowest BCUT2D eigenvalue weighted by Gasteiger charge is -2.38. The molecule has 1 saturated heterocycles. The van der Waals surface area contributed by atoms with Crippen LogP contribution >= 0.6 is 22.9 Å². The Morgan fingerprint density at radius 2 is 2.04 bits per heavy atom. The highest BCUT2D eigenvalue weighted by Gasteiger charge is 2.35. The van der Waals surface area contributed by atoms with E-state index in [0.717, 1.165) is 23.4 Å². The molecule has 1 aliphatic rings. The summed E-state index contributed by atoms with van der Waals surface area (Å²) in [4.78, 5) is 13.7. The summed E-state index contributed by atoms with van der Waals surface area (Å²) in [5, 5.41) is 12.9. The second kappa shape index (κ2) is 7.84. The van der Waals surface area contributed by atoms with Gasteiger partial charge in [0.25, 0.3) is 5.91 Å². The maximum atomic E-state index is 12.7. The molecule has 1 fully saturated rings. The molecule has 2 N–H and O–H groups in total. The van der Waals surface area contributed by atoms with Crippen molar-refractivity contribution in [3.8, 4) is 10.6 Å². The van der Waals surface area contributed by atoms with Gasteiger partial charge in [-0.1, -0.05) is 29.8 Å². The van der Waals surface area contributed by atoms with Crippen LogP contribution in [0.1, 0.15) is 28.9 Å². The van der Waals surface area contributed by atoms with Gasteiger partial charge in [0.05, 0.1) is 10.6 Å². The molecule has 0 atom stereocenters. The summed E-state index contributed by atoms with van der Waals surface area (Å²) < 4.78 is 5.55. The molecule has 3 aromatic rings. The fourth-order valence-electron chi connectivity index (χ4n) is 3.47. The third-order valence-corrected chi connectivity index (χ3v) is 6.25. The van der Waals surface area contributed by atoms with Crippen LogP contribution in [0.25, 0.3) is 10.6 Å². The number of H-pyrrole nitrogens is 1. The number of nitrogens with one attached hydrogen (secondary N) is 2. The average Bonchev–Trinajstić information content (AvgIpc) is 3.39. The maximum Gasteiger partial charge on any atom is 0.271 e. The molecule has 4 rings (SSSR count). The number of carbonyl (C=O) groups excluding carboxylic acids is 1. The molecule has 140 valence electrons. The average molecular weight is 402 g/mol. The Hall–Kier alpha value is -2.15. The number of rotatable bonds is 5. The van der Waals surface area contributed by atoms with Crippen LogP contribution in [0.4, 0.5) is 0 Å². The van der Waals surface area contributed by atoms with Gasteiger partial charge in [0.1, 0.15) is 0 Å². The number of aromatic nitrogens is 2. The molecule has 1 aliphatic heterocycles. The fourth-order valence-corrected chi connectivity index (χ4v) is 4.29. The summed E-state index contributed by atoms with van der Waals surface area (Å²) in [6.45, 7) is 1.91. The van der Waals surface area contributed by atoms with Gasteiger partial charge in [0.2, 0.25) is 0 Å². The Morgan fingerprint density at radius 3 is 2.74 bits per heavy atom. The lowest BCUT2D eigenvalue weighted by Crippen LogP contribution is -2.44. The van der Waals surface area contributed by atoms with Crippen molar-refractivity contribution in [1.82, 2.24) is 15.5 Å². The third-order valence-electron chi connectivity index (χ3n) is 5.09. The molecule has 27 heavy (non-hydrogen) atoms. The van der Waals surface area contributed by atoms with E-state index < -0.39 is 0 Å². The smallest absolute Gasteiger partial charge is 0.271 e. The fraction of sp³-hybridized carbons (Fsp3) is 0.300. The first-order valence-corrected chi connectivity index (χ1v) is 10.1. The molecule has 1 amide bonds. The Bertz CT molecular complexity index is 900. The van der Waals surface area contributed by atoms with Crippen molar-refractivity contribution in [2.75, 3.05) is 19.8 Å². The van der Waals surface area contributed by atoms with Gasteiger partial charge in [0.15, 0.2) is 5.69 Å². The second-order valence-corrected chi connectivity index (χ2v) is 8.11. The van der Waals surface area contributed by atoms with Gasteiger partial charge in [-0.05, 0) is 48.1 Å². The summed E-state index contributed by atoms with van der Waals surface area (Å²) in [5.41, 5.74) is 2.29. The van der Waals surface area contributed by atoms with Crippen LogP contribution in [0.2, 0.25) is 5.02 Å². The van der Waals surface area contributed by atoms with Crippen molar-refractivity contribution in [3.05, 3.63) is 64.1 Å². The van der Waals surface area contributed by atoms with Crippen molar-refractivity contribution in [2.45, 2.75) is 18.3 Å².